The Morgan fingerprint density at radius 2 is 1.87 bits per heavy atom. The van der Waals surface area contributed by atoms with Gasteiger partial charge in [0.2, 0.25) is 0 Å². The highest BCUT2D eigenvalue weighted by Crippen LogP contribution is 2.20. The molecule has 0 atom stereocenters. The highest BCUT2D eigenvalue weighted by atomic mass is 79.9. The first-order chi connectivity index (χ1) is 7.34. The molecule has 2 nitrogen and oxygen atoms in total. The van der Waals surface area contributed by atoms with Gasteiger partial charge in [-0.25, -0.2) is 0 Å². The Kier molecular flexibility index (Phi) is 4.18. The average Bonchev–Trinajstić information content (AvgIpc) is 2.74. The topological polar surface area (TPSA) is 21.3 Å². The first-order valence-electron chi connectivity index (χ1n) is 5.47. The minimum Gasteiger partial charge on any atom is -0.298 e. The molecular weight excluding hydrogens is 254 g/mol. The quantitative estimate of drug-likeness (QED) is 0.846. The van der Waals surface area contributed by atoms with Gasteiger partial charge >= 0.3 is 0 Å². The molecule has 0 aromatic heterocycles. The van der Waals surface area contributed by atoms with E-state index in [4.69, 9.17) is 4.84 Å². The Labute approximate surface area is 99.1 Å². The van der Waals surface area contributed by atoms with Crippen molar-refractivity contribution < 1.29 is 4.84 Å². The summed E-state index contributed by atoms with van der Waals surface area (Å²) in [5, 5.41) is 0. The minimum absolute atomic E-state index is 0.431. The fraction of sp³-hybridized carbons (Fsp3) is 0.500. The third-order valence-corrected chi connectivity index (χ3v) is 3.27. The first kappa shape index (κ1) is 11.1. The van der Waals surface area contributed by atoms with E-state index in [9.17, 15) is 0 Å². The van der Waals surface area contributed by atoms with Crippen molar-refractivity contribution in [3.63, 3.8) is 0 Å². The van der Waals surface area contributed by atoms with E-state index in [-0.39, 0.29) is 0 Å². The number of halogens is 1. The lowest BCUT2D eigenvalue weighted by Crippen LogP contribution is -2.21. The van der Waals surface area contributed by atoms with Gasteiger partial charge in [0.1, 0.15) is 0 Å². The lowest BCUT2D eigenvalue weighted by Gasteiger charge is -2.11. The van der Waals surface area contributed by atoms with Gasteiger partial charge in [-0.15, -0.1) is 0 Å². The van der Waals surface area contributed by atoms with Gasteiger partial charge in [0.05, 0.1) is 6.10 Å². The summed E-state index contributed by atoms with van der Waals surface area (Å²) < 4.78 is 1.11. The molecule has 0 amide bonds. The van der Waals surface area contributed by atoms with Crippen LogP contribution in [0.1, 0.15) is 31.2 Å². The van der Waals surface area contributed by atoms with Crippen molar-refractivity contribution in [3.8, 4) is 0 Å². The highest BCUT2D eigenvalue weighted by Gasteiger charge is 2.15. The molecule has 0 aliphatic heterocycles. The standard InChI is InChI=1S/C12H16BrNO/c13-11-7-5-10(6-8-11)9-14-15-12-3-1-2-4-12/h5-8,12,14H,1-4,9H2. The Morgan fingerprint density at radius 3 is 2.53 bits per heavy atom. The number of hydrogen-bond acceptors (Lipinski definition) is 2. The van der Waals surface area contributed by atoms with Gasteiger partial charge in [0.25, 0.3) is 0 Å². The second-order valence-electron chi connectivity index (χ2n) is 3.97. The van der Waals surface area contributed by atoms with E-state index >= 15 is 0 Å². The SMILES string of the molecule is Brc1ccc(CNOC2CCCC2)cc1. The molecular formula is C12H16BrNO. The van der Waals surface area contributed by atoms with Gasteiger partial charge in [0.15, 0.2) is 0 Å². The zero-order chi connectivity index (χ0) is 10.5. The Morgan fingerprint density at radius 1 is 1.20 bits per heavy atom. The molecule has 1 N–H and O–H groups in total. The number of hydrogen-bond donors (Lipinski definition) is 1. The van der Waals surface area contributed by atoms with Crippen LogP contribution in [0.2, 0.25) is 0 Å². The van der Waals surface area contributed by atoms with Crippen LogP contribution in [0.3, 0.4) is 0 Å². The maximum Gasteiger partial charge on any atom is 0.0790 e. The van der Waals surface area contributed by atoms with Gasteiger partial charge in [-0.05, 0) is 30.5 Å². The molecule has 0 heterocycles. The van der Waals surface area contributed by atoms with Gasteiger partial charge in [0, 0.05) is 11.0 Å². The van der Waals surface area contributed by atoms with Gasteiger partial charge < -0.3 is 0 Å². The predicted octanol–water partition coefficient (Wildman–Crippen LogP) is 3.41. The fourth-order valence-electron chi connectivity index (χ4n) is 1.85. The van der Waals surface area contributed by atoms with E-state index in [1.54, 1.807) is 0 Å². The molecule has 0 bridgehead atoms. The third kappa shape index (κ3) is 3.59. The monoisotopic (exact) mass is 269 g/mol. The molecule has 2 rings (SSSR count). The molecule has 1 fully saturated rings. The Balaban J connectivity index is 1.71. The largest absolute Gasteiger partial charge is 0.298 e. The average molecular weight is 270 g/mol. The molecule has 15 heavy (non-hydrogen) atoms. The molecule has 1 saturated carbocycles. The summed E-state index contributed by atoms with van der Waals surface area (Å²) in [5.41, 5.74) is 4.29. The van der Waals surface area contributed by atoms with Crippen molar-refractivity contribution in [1.29, 1.82) is 0 Å². The summed E-state index contributed by atoms with van der Waals surface area (Å²) in [5.74, 6) is 0. The first-order valence-corrected chi connectivity index (χ1v) is 6.27. The normalized spacial score (nSPS) is 17.1. The van der Waals surface area contributed by atoms with E-state index in [0.29, 0.717) is 6.10 Å². The number of rotatable bonds is 4. The molecule has 1 aliphatic carbocycles. The maximum atomic E-state index is 5.58. The molecule has 1 aromatic carbocycles. The van der Waals surface area contributed by atoms with Crippen LogP contribution in [0, 0.1) is 0 Å². The van der Waals surface area contributed by atoms with Crippen LogP contribution in [-0.2, 0) is 11.4 Å². The van der Waals surface area contributed by atoms with Crippen LogP contribution in [0.15, 0.2) is 28.7 Å². The summed E-state index contributed by atoms with van der Waals surface area (Å²) in [6.07, 6.45) is 5.45. The summed E-state index contributed by atoms with van der Waals surface area (Å²) in [4.78, 5) is 5.58. The summed E-state index contributed by atoms with van der Waals surface area (Å²) in [6.45, 7) is 0.782. The maximum absolute atomic E-state index is 5.58. The number of benzene rings is 1. The van der Waals surface area contributed by atoms with Gasteiger partial charge in [-0.2, -0.15) is 5.48 Å². The van der Waals surface area contributed by atoms with E-state index in [1.807, 2.05) is 12.1 Å². The molecule has 0 radical (unpaired) electrons. The molecule has 82 valence electrons. The second-order valence-corrected chi connectivity index (χ2v) is 4.89. The van der Waals surface area contributed by atoms with Crippen molar-refractivity contribution in [3.05, 3.63) is 34.3 Å². The van der Waals surface area contributed by atoms with Crippen molar-refractivity contribution >= 4 is 15.9 Å². The lowest BCUT2D eigenvalue weighted by atomic mass is 10.2. The molecule has 0 unspecified atom stereocenters. The molecule has 0 spiro atoms. The smallest absolute Gasteiger partial charge is 0.0790 e. The van der Waals surface area contributed by atoms with Gasteiger partial charge in [-0.3, -0.25) is 4.84 Å². The van der Waals surface area contributed by atoms with Crippen LogP contribution in [-0.4, -0.2) is 6.10 Å². The zero-order valence-corrected chi connectivity index (χ0v) is 10.3. The fourth-order valence-corrected chi connectivity index (χ4v) is 2.12. The summed E-state index contributed by atoms with van der Waals surface area (Å²) >= 11 is 3.42. The molecule has 1 aliphatic rings. The molecule has 0 saturated heterocycles. The van der Waals surface area contributed by atoms with Crippen molar-refractivity contribution in [1.82, 2.24) is 5.48 Å². The van der Waals surface area contributed by atoms with Crippen LogP contribution in [0.25, 0.3) is 0 Å². The summed E-state index contributed by atoms with van der Waals surface area (Å²) in [7, 11) is 0. The summed E-state index contributed by atoms with van der Waals surface area (Å²) in [6, 6.07) is 8.28. The van der Waals surface area contributed by atoms with E-state index < -0.39 is 0 Å². The number of nitrogens with one attached hydrogen (secondary N) is 1. The number of hydroxylamine groups is 1. The molecule has 3 heteroatoms. The van der Waals surface area contributed by atoms with Crippen molar-refractivity contribution in [2.24, 2.45) is 0 Å². The second kappa shape index (κ2) is 5.64. The molecule has 1 aromatic rings. The van der Waals surface area contributed by atoms with Crippen LogP contribution in [0.5, 0.6) is 0 Å². The third-order valence-electron chi connectivity index (χ3n) is 2.74. The van der Waals surface area contributed by atoms with Crippen LogP contribution >= 0.6 is 15.9 Å². The van der Waals surface area contributed by atoms with Crippen LogP contribution < -0.4 is 5.48 Å². The Hall–Kier alpha value is -0.380. The van der Waals surface area contributed by atoms with E-state index in [1.165, 1.54) is 31.2 Å². The Bertz CT molecular complexity index is 293. The lowest BCUT2D eigenvalue weighted by molar-refractivity contribution is -0.0244. The zero-order valence-electron chi connectivity index (χ0n) is 8.71. The predicted molar refractivity (Wildman–Crippen MR) is 64.3 cm³/mol. The minimum atomic E-state index is 0.431. The van der Waals surface area contributed by atoms with E-state index in [0.717, 1.165) is 11.0 Å². The van der Waals surface area contributed by atoms with E-state index in [2.05, 4.69) is 33.5 Å². The van der Waals surface area contributed by atoms with Crippen molar-refractivity contribution in [2.45, 2.75) is 38.3 Å². The van der Waals surface area contributed by atoms with Crippen molar-refractivity contribution in [2.75, 3.05) is 0 Å². The van der Waals surface area contributed by atoms with Gasteiger partial charge in [-0.1, -0.05) is 40.9 Å². The highest BCUT2D eigenvalue weighted by molar-refractivity contribution is 9.10. The van der Waals surface area contributed by atoms with Crippen LogP contribution in [0.4, 0.5) is 0 Å².